The average Bonchev–Trinajstić information content (AvgIpc) is 3.01. The Morgan fingerprint density at radius 1 is 0.917 bits per heavy atom. The number of fused-ring (bicyclic) bond motifs is 1. The van der Waals surface area contributed by atoms with Gasteiger partial charge in [-0.1, -0.05) is 30.3 Å². The molecule has 0 amide bonds. The summed E-state index contributed by atoms with van der Waals surface area (Å²) in [6.45, 7) is 3.88. The fourth-order valence-corrected chi connectivity index (χ4v) is 3.41. The summed E-state index contributed by atoms with van der Waals surface area (Å²) < 4.78 is 0. The number of nitrogens with one attached hydrogen (secondary N) is 3. The van der Waals surface area contributed by atoms with E-state index in [1.165, 1.54) is 11.1 Å². The third kappa shape index (κ3) is 3.08. The van der Waals surface area contributed by atoms with Crippen molar-refractivity contribution in [1.29, 1.82) is 0 Å². The van der Waals surface area contributed by atoms with Crippen LogP contribution in [0.25, 0.3) is 11.0 Å². The molecule has 1 aliphatic rings. The van der Waals surface area contributed by atoms with Crippen LogP contribution in [-0.2, 0) is 12.8 Å². The maximum Gasteiger partial charge on any atom is 0.323 e. The van der Waals surface area contributed by atoms with Crippen molar-refractivity contribution >= 4 is 16.7 Å². The Balaban J connectivity index is 1.66. The molecule has 0 atom stereocenters. The molecule has 3 N–H and O–H groups in total. The summed E-state index contributed by atoms with van der Waals surface area (Å²) in [5.41, 5.74) is 5.42. The molecule has 3 aromatic rings. The van der Waals surface area contributed by atoms with Crippen LogP contribution in [0.2, 0.25) is 0 Å². The number of hydrogen-bond acceptors (Lipinski definition) is 3. The van der Waals surface area contributed by atoms with E-state index in [9.17, 15) is 4.79 Å². The fraction of sp³-hybridized carbons (Fsp3) is 0.316. The number of rotatable bonds is 4. The van der Waals surface area contributed by atoms with Crippen molar-refractivity contribution in [3.8, 4) is 0 Å². The highest BCUT2D eigenvalue weighted by molar-refractivity contribution is 5.89. The molecule has 1 fully saturated rings. The van der Waals surface area contributed by atoms with Gasteiger partial charge in [-0.3, -0.25) is 0 Å². The molecule has 0 unspecified atom stereocenters. The Morgan fingerprint density at radius 2 is 1.67 bits per heavy atom. The minimum Gasteiger partial charge on any atom is -0.367 e. The van der Waals surface area contributed by atoms with Crippen molar-refractivity contribution in [2.24, 2.45) is 0 Å². The molecule has 4 rings (SSSR count). The zero-order valence-corrected chi connectivity index (χ0v) is 13.6. The van der Waals surface area contributed by atoms with E-state index in [0.717, 1.165) is 55.7 Å². The van der Waals surface area contributed by atoms with Gasteiger partial charge < -0.3 is 20.2 Å². The van der Waals surface area contributed by atoms with Gasteiger partial charge in [-0.2, -0.15) is 0 Å². The van der Waals surface area contributed by atoms with Gasteiger partial charge in [-0.05, 0) is 36.1 Å². The molecule has 24 heavy (non-hydrogen) atoms. The first-order valence-electron chi connectivity index (χ1n) is 8.54. The van der Waals surface area contributed by atoms with Crippen LogP contribution in [0.15, 0.2) is 47.3 Å². The van der Waals surface area contributed by atoms with Crippen molar-refractivity contribution in [2.75, 3.05) is 31.1 Å². The van der Waals surface area contributed by atoms with Gasteiger partial charge in [0.05, 0.1) is 16.7 Å². The van der Waals surface area contributed by atoms with Gasteiger partial charge in [0.1, 0.15) is 0 Å². The van der Waals surface area contributed by atoms with Gasteiger partial charge in [0, 0.05) is 26.2 Å². The van der Waals surface area contributed by atoms with Crippen LogP contribution < -0.4 is 15.9 Å². The lowest BCUT2D eigenvalue weighted by atomic mass is 10.0. The van der Waals surface area contributed by atoms with Crippen molar-refractivity contribution in [3.63, 3.8) is 0 Å². The Labute approximate surface area is 140 Å². The number of H-pyrrole nitrogens is 2. The molecule has 1 saturated heterocycles. The van der Waals surface area contributed by atoms with Crippen LogP contribution in [0, 0.1) is 0 Å². The summed E-state index contributed by atoms with van der Waals surface area (Å²) >= 11 is 0. The number of nitrogens with zero attached hydrogens (tertiary/aromatic N) is 1. The van der Waals surface area contributed by atoms with E-state index >= 15 is 0 Å². The number of hydrogen-bond donors (Lipinski definition) is 3. The molecule has 0 bridgehead atoms. The molecule has 124 valence electrons. The van der Waals surface area contributed by atoms with Gasteiger partial charge in [0.15, 0.2) is 0 Å². The van der Waals surface area contributed by atoms with Gasteiger partial charge >= 0.3 is 5.69 Å². The third-order valence-corrected chi connectivity index (χ3v) is 4.67. The number of anilines is 1. The van der Waals surface area contributed by atoms with E-state index < -0.39 is 0 Å². The number of aryl methyl sites for hydroxylation is 2. The van der Waals surface area contributed by atoms with Crippen LogP contribution in [-0.4, -0.2) is 36.1 Å². The first-order chi connectivity index (χ1) is 11.8. The first kappa shape index (κ1) is 15.0. The van der Waals surface area contributed by atoms with Crippen molar-refractivity contribution < 1.29 is 0 Å². The summed E-state index contributed by atoms with van der Waals surface area (Å²) in [6.07, 6.45) is 1.97. The molecule has 2 aromatic carbocycles. The lowest BCUT2D eigenvalue weighted by Crippen LogP contribution is -2.43. The summed E-state index contributed by atoms with van der Waals surface area (Å²) in [5.74, 6) is 0. The number of aromatic amines is 2. The number of imidazole rings is 1. The van der Waals surface area contributed by atoms with Crippen LogP contribution in [0.1, 0.15) is 11.1 Å². The number of piperazine rings is 1. The summed E-state index contributed by atoms with van der Waals surface area (Å²) in [7, 11) is 0. The van der Waals surface area contributed by atoms with Crippen molar-refractivity contribution in [2.45, 2.75) is 12.8 Å². The van der Waals surface area contributed by atoms with Crippen LogP contribution in [0.3, 0.4) is 0 Å². The van der Waals surface area contributed by atoms with E-state index in [4.69, 9.17) is 0 Å². The maximum absolute atomic E-state index is 11.8. The van der Waals surface area contributed by atoms with E-state index in [1.54, 1.807) is 0 Å². The Bertz CT molecular complexity index is 875. The van der Waals surface area contributed by atoms with E-state index in [2.05, 4.69) is 56.6 Å². The second-order valence-electron chi connectivity index (χ2n) is 6.34. The highest BCUT2D eigenvalue weighted by Gasteiger charge is 2.16. The smallest absolute Gasteiger partial charge is 0.323 e. The van der Waals surface area contributed by atoms with E-state index in [-0.39, 0.29) is 5.69 Å². The lowest BCUT2D eigenvalue weighted by Gasteiger charge is -2.30. The van der Waals surface area contributed by atoms with Gasteiger partial charge in [0.25, 0.3) is 0 Å². The first-order valence-corrected chi connectivity index (χ1v) is 8.54. The molecule has 5 nitrogen and oxygen atoms in total. The molecule has 0 spiro atoms. The quantitative estimate of drug-likeness (QED) is 0.689. The van der Waals surface area contributed by atoms with Crippen LogP contribution in [0.5, 0.6) is 0 Å². The fourth-order valence-electron chi connectivity index (χ4n) is 3.41. The van der Waals surface area contributed by atoms with E-state index in [1.807, 2.05) is 6.07 Å². The van der Waals surface area contributed by atoms with E-state index in [0.29, 0.717) is 0 Å². The molecular weight excluding hydrogens is 300 g/mol. The lowest BCUT2D eigenvalue weighted by molar-refractivity contribution is 0.590. The number of aromatic nitrogens is 2. The Hall–Kier alpha value is -2.53. The summed E-state index contributed by atoms with van der Waals surface area (Å²) in [5, 5.41) is 3.38. The molecule has 2 heterocycles. The minimum atomic E-state index is -0.137. The molecule has 1 aromatic heterocycles. The number of benzene rings is 2. The zero-order valence-electron chi connectivity index (χ0n) is 13.6. The second-order valence-corrected chi connectivity index (χ2v) is 6.34. The highest BCUT2D eigenvalue weighted by atomic mass is 16.1. The standard InChI is InChI=1S/C19H22N4O/c24-19-21-16-12-15(7-6-14-4-2-1-3-5-14)13-17(18(16)22-19)23-10-8-20-9-11-23/h1-5,12-13,20H,6-11H2,(H2,21,22,24). The minimum absolute atomic E-state index is 0.137. The molecule has 0 radical (unpaired) electrons. The summed E-state index contributed by atoms with van der Waals surface area (Å²) in [4.78, 5) is 20.0. The van der Waals surface area contributed by atoms with Gasteiger partial charge in [-0.25, -0.2) is 4.79 Å². The molecule has 1 aliphatic heterocycles. The molecular formula is C19H22N4O. The van der Waals surface area contributed by atoms with Gasteiger partial charge in [0.2, 0.25) is 0 Å². The predicted octanol–water partition coefficient (Wildman–Crippen LogP) is 2.05. The molecule has 5 heteroatoms. The SMILES string of the molecule is O=c1[nH]c2cc(CCc3ccccc3)cc(N3CCNCC3)c2[nH]1. The maximum atomic E-state index is 11.8. The average molecular weight is 322 g/mol. The highest BCUT2D eigenvalue weighted by Crippen LogP contribution is 2.26. The summed E-state index contributed by atoms with van der Waals surface area (Å²) in [6, 6.07) is 14.9. The van der Waals surface area contributed by atoms with Gasteiger partial charge in [-0.15, -0.1) is 0 Å². The predicted molar refractivity (Wildman–Crippen MR) is 97.9 cm³/mol. The van der Waals surface area contributed by atoms with Crippen molar-refractivity contribution in [3.05, 3.63) is 64.1 Å². The topological polar surface area (TPSA) is 63.9 Å². The second kappa shape index (κ2) is 6.53. The zero-order chi connectivity index (χ0) is 16.4. The monoisotopic (exact) mass is 322 g/mol. The Kier molecular flexibility index (Phi) is 4.09. The normalized spacial score (nSPS) is 15.1. The molecule has 0 saturated carbocycles. The Morgan fingerprint density at radius 3 is 2.46 bits per heavy atom. The van der Waals surface area contributed by atoms with Crippen LogP contribution in [0.4, 0.5) is 5.69 Å². The third-order valence-electron chi connectivity index (χ3n) is 4.67. The van der Waals surface area contributed by atoms with Crippen LogP contribution >= 0.6 is 0 Å². The van der Waals surface area contributed by atoms with Crippen molar-refractivity contribution in [1.82, 2.24) is 15.3 Å². The molecule has 0 aliphatic carbocycles. The largest absolute Gasteiger partial charge is 0.367 e.